The Morgan fingerprint density at radius 3 is 2.62 bits per heavy atom. The largest absolute Gasteiger partial charge is 0.376 e. The van der Waals surface area contributed by atoms with Crippen molar-refractivity contribution < 1.29 is 15.0 Å². The molecule has 0 unspecified atom stereocenters. The lowest BCUT2D eigenvalue weighted by Gasteiger charge is -2.39. The fourth-order valence-corrected chi connectivity index (χ4v) is 4.04. The fraction of sp³-hybridized carbons (Fsp3) is 0.714. The lowest BCUT2D eigenvalue weighted by Crippen LogP contribution is -3.06. The smallest absolute Gasteiger partial charge is 0.0821 e. The topological polar surface area (TPSA) is 30.3 Å². The van der Waals surface area contributed by atoms with Gasteiger partial charge in [0.15, 0.2) is 0 Å². The minimum Gasteiger partial charge on any atom is -0.376 e. The summed E-state index contributed by atoms with van der Waals surface area (Å²) in [6.45, 7) is 9.17. The molecule has 1 aliphatic heterocycles. The average Bonchev–Trinajstić information content (AvgIpc) is 2.53. The predicted octanol–water partition coefficient (Wildman–Crippen LogP) is 1.46. The zero-order valence-electron chi connectivity index (χ0n) is 16.2. The highest BCUT2D eigenvalue weighted by atomic mass is 16.5. The standard InChI is InChI=1S/C21H36N2O/c1-21(2)17-19(12-16-24-21)20(18-9-6-5-7-10-18)11-14-22-13-8-15-23(3)4/h5-7,9-10,19-20,22H,8,11-17H2,1-4H3/p+2/t19-,20+/m0/s1. The fourth-order valence-electron chi connectivity index (χ4n) is 4.04. The number of nitrogens with one attached hydrogen (secondary N) is 1. The van der Waals surface area contributed by atoms with E-state index in [1.807, 2.05) is 0 Å². The highest BCUT2D eigenvalue weighted by Gasteiger charge is 2.34. The maximum atomic E-state index is 5.95. The summed E-state index contributed by atoms with van der Waals surface area (Å²) in [5.74, 6) is 1.42. The van der Waals surface area contributed by atoms with Crippen molar-refractivity contribution in [2.24, 2.45) is 5.92 Å². The summed E-state index contributed by atoms with van der Waals surface area (Å²) in [5.41, 5.74) is 1.56. The Balaban J connectivity index is 1.89. The van der Waals surface area contributed by atoms with Gasteiger partial charge in [-0.3, -0.25) is 0 Å². The molecule has 1 heterocycles. The molecule has 3 N–H and O–H groups in total. The third kappa shape index (κ3) is 6.54. The van der Waals surface area contributed by atoms with Crippen molar-refractivity contribution in [2.75, 3.05) is 40.3 Å². The maximum Gasteiger partial charge on any atom is 0.0821 e. The quantitative estimate of drug-likeness (QED) is 0.658. The Morgan fingerprint density at radius 2 is 1.96 bits per heavy atom. The van der Waals surface area contributed by atoms with E-state index in [2.05, 4.69) is 63.6 Å². The first-order valence-corrected chi connectivity index (χ1v) is 9.77. The lowest BCUT2D eigenvalue weighted by molar-refractivity contribution is -0.860. The lowest BCUT2D eigenvalue weighted by atomic mass is 9.75. The Hall–Kier alpha value is -0.900. The van der Waals surface area contributed by atoms with E-state index in [-0.39, 0.29) is 5.60 Å². The van der Waals surface area contributed by atoms with Gasteiger partial charge in [0.2, 0.25) is 0 Å². The van der Waals surface area contributed by atoms with Crippen LogP contribution in [0.2, 0.25) is 0 Å². The first kappa shape index (κ1) is 19.4. The molecule has 2 atom stereocenters. The van der Waals surface area contributed by atoms with Crippen molar-refractivity contribution in [2.45, 2.75) is 51.0 Å². The van der Waals surface area contributed by atoms with E-state index in [9.17, 15) is 0 Å². The van der Waals surface area contributed by atoms with Gasteiger partial charge in [-0.1, -0.05) is 30.3 Å². The molecule has 3 heteroatoms. The van der Waals surface area contributed by atoms with Crippen LogP contribution in [0.1, 0.15) is 51.0 Å². The normalized spacial score (nSPS) is 21.8. The summed E-state index contributed by atoms with van der Waals surface area (Å²) >= 11 is 0. The first-order chi connectivity index (χ1) is 11.5. The molecule has 0 amide bonds. The molecule has 0 radical (unpaired) electrons. The van der Waals surface area contributed by atoms with Gasteiger partial charge < -0.3 is 15.0 Å². The van der Waals surface area contributed by atoms with Crippen LogP contribution in [-0.2, 0) is 4.74 Å². The van der Waals surface area contributed by atoms with E-state index in [4.69, 9.17) is 4.74 Å². The SMILES string of the molecule is C[NH+](C)CCC[NH2+]CC[C@H](c1ccccc1)[C@H]1CCOC(C)(C)C1. The van der Waals surface area contributed by atoms with Gasteiger partial charge in [-0.05, 0) is 44.1 Å². The molecule has 0 aliphatic carbocycles. The summed E-state index contributed by atoms with van der Waals surface area (Å²) in [6, 6.07) is 11.2. The molecular weight excluding hydrogens is 296 g/mol. The van der Waals surface area contributed by atoms with Gasteiger partial charge in [-0.2, -0.15) is 0 Å². The van der Waals surface area contributed by atoms with E-state index < -0.39 is 0 Å². The van der Waals surface area contributed by atoms with Crippen LogP contribution in [0.4, 0.5) is 0 Å². The Labute approximate surface area is 148 Å². The van der Waals surface area contributed by atoms with Crippen molar-refractivity contribution in [3.63, 3.8) is 0 Å². The summed E-state index contributed by atoms with van der Waals surface area (Å²) in [4.78, 5) is 1.55. The average molecular weight is 335 g/mol. The summed E-state index contributed by atoms with van der Waals surface area (Å²) < 4.78 is 5.95. The monoisotopic (exact) mass is 334 g/mol. The molecule has 0 aromatic heterocycles. The molecular formula is C21H38N2O+2. The number of rotatable bonds is 9. The summed E-state index contributed by atoms with van der Waals surface area (Å²) in [5, 5.41) is 2.52. The number of nitrogens with two attached hydrogens (primary N) is 1. The molecule has 0 bridgehead atoms. The second-order valence-corrected chi connectivity index (χ2v) is 8.34. The number of quaternary nitrogens is 2. The predicted molar refractivity (Wildman–Crippen MR) is 101 cm³/mol. The number of hydrogen-bond acceptors (Lipinski definition) is 1. The molecule has 1 fully saturated rings. The first-order valence-electron chi connectivity index (χ1n) is 9.77. The second-order valence-electron chi connectivity index (χ2n) is 8.34. The van der Waals surface area contributed by atoms with Crippen LogP contribution in [0.15, 0.2) is 30.3 Å². The van der Waals surface area contributed by atoms with Crippen molar-refractivity contribution in [1.82, 2.24) is 0 Å². The minimum absolute atomic E-state index is 0.0359. The number of ether oxygens (including phenoxy) is 1. The van der Waals surface area contributed by atoms with Gasteiger partial charge in [-0.25, -0.2) is 0 Å². The van der Waals surface area contributed by atoms with Gasteiger partial charge in [0.05, 0.1) is 39.3 Å². The molecule has 0 spiro atoms. The Bertz CT molecular complexity index is 458. The zero-order chi connectivity index (χ0) is 17.4. The van der Waals surface area contributed by atoms with E-state index >= 15 is 0 Å². The van der Waals surface area contributed by atoms with Gasteiger partial charge in [0.1, 0.15) is 0 Å². The van der Waals surface area contributed by atoms with Crippen molar-refractivity contribution in [1.29, 1.82) is 0 Å². The van der Waals surface area contributed by atoms with Gasteiger partial charge in [0, 0.05) is 19.4 Å². The molecule has 3 nitrogen and oxygen atoms in total. The molecule has 2 rings (SSSR count). The zero-order valence-corrected chi connectivity index (χ0v) is 16.2. The highest BCUT2D eigenvalue weighted by Crippen LogP contribution is 2.39. The molecule has 0 saturated carbocycles. The Kier molecular flexibility index (Phi) is 7.73. The molecule has 1 saturated heterocycles. The van der Waals surface area contributed by atoms with E-state index in [0.717, 1.165) is 12.5 Å². The van der Waals surface area contributed by atoms with Crippen LogP contribution < -0.4 is 10.2 Å². The number of hydrogen-bond donors (Lipinski definition) is 2. The van der Waals surface area contributed by atoms with Crippen LogP contribution in [0.3, 0.4) is 0 Å². The molecule has 1 aliphatic rings. The van der Waals surface area contributed by atoms with Crippen molar-refractivity contribution in [3.05, 3.63) is 35.9 Å². The second kappa shape index (κ2) is 9.55. The van der Waals surface area contributed by atoms with Crippen LogP contribution >= 0.6 is 0 Å². The van der Waals surface area contributed by atoms with Gasteiger partial charge in [-0.15, -0.1) is 0 Å². The number of benzene rings is 1. The highest BCUT2D eigenvalue weighted by molar-refractivity contribution is 5.20. The third-order valence-electron chi connectivity index (χ3n) is 5.30. The molecule has 1 aromatic rings. The van der Waals surface area contributed by atoms with Crippen LogP contribution in [0.25, 0.3) is 0 Å². The Morgan fingerprint density at radius 1 is 1.21 bits per heavy atom. The van der Waals surface area contributed by atoms with Gasteiger partial charge >= 0.3 is 0 Å². The molecule has 136 valence electrons. The summed E-state index contributed by atoms with van der Waals surface area (Å²) in [7, 11) is 4.47. The third-order valence-corrected chi connectivity index (χ3v) is 5.30. The minimum atomic E-state index is 0.0359. The van der Waals surface area contributed by atoms with E-state index in [1.165, 1.54) is 50.9 Å². The van der Waals surface area contributed by atoms with E-state index in [1.54, 1.807) is 4.90 Å². The molecule has 1 aromatic carbocycles. The van der Waals surface area contributed by atoms with Crippen LogP contribution in [0, 0.1) is 5.92 Å². The van der Waals surface area contributed by atoms with Crippen LogP contribution in [-0.4, -0.2) is 45.9 Å². The van der Waals surface area contributed by atoms with E-state index in [0.29, 0.717) is 5.92 Å². The van der Waals surface area contributed by atoms with Crippen LogP contribution in [0.5, 0.6) is 0 Å². The maximum absolute atomic E-state index is 5.95. The molecule has 24 heavy (non-hydrogen) atoms. The van der Waals surface area contributed by atoms with Gasteiger partial charge in [0.25, 0.3) is 0 Å². The van der Waals surface area contributed by atoms with Crippen molar-refractivity contribution >= 4 is 0 Å². The van der Waals surface area contributed by atoms with Crippen molar-refractivity contribution in [3.8, 4) is 0 Å². The summed E-state index contributed by atoms with van der Waals surface area (Å²) in [6.07, 6.45) is 4.96.